The summed E-state index contributed by atoms with van der Waals surface area (Å²) in [5, 5.41) is 10.3. The first-order valence-electron chi connectivity index (χ1n) is 8.94. The number of rotatable bonds is 5. The van der Waals surface area contributed by atoms with Gasteiger partial charge in [0.15, 0.2) is 0 Å². The molecule has 3 atom stereocenters. The average molecular weight is 423 g/mol. The summed E-state index contributed by atoms with van der Waals surface area (Å²) in [6.07, 6.45) is -4.81. The van der Waals surface area contributed by atoms with Gasteiger partial charge in [0.25, 0.3) is 0 Å². The fourth-order valence-electron chi connectivity index (χ4n) is 3.55. The summed E-state index contributed by atoms with van der Waals surface area (Å²) in [7, 11) is -3.44. The number of nitrogens with zero attached hydrogens (tertiary/aromatic N) is 2. The van der Waals surface area contributed by atoms with E-state index in [0.717, 1.165) is 18.4 Å². The lowest BCUT2D eigenvalue weighted by Crippen LogP contribution is -2.51. The van der Waals surface area contributed by atoms with Crippen LogP contribution in [0.25, 0.3) is 0 Å². The number of alkyl halides is 3. The molecule has 0 aliphatic carbocycles. The van der Waals surface area contributed by atoms with Gasteiger partial charge in [-0.3, -0.25) is 4.90 Å². The first kappa shape index (κ1) is 21.3. The van der Waals surface area contributed by atoms with Gasteiger partial charge < -0.3 is 14.7 Å². The molecule has 3 rings (SSSR count). The van der Waals surface area contributed by atoms with Crippen LogP contribution in [-0.4, -0.2) is 82.3 Å². The van der Waals surface area contributed by atoms with Crippen LogP contribution in [0.5, 0.6) is 0 Å². The van der Waals surface area contributed by atoms with Crippen molar-refractivity contribution in [3.05, 3.63) is 29.8 Å². The van der Waals surface area contributed by atoms with Crippen molar-refractivity contribution in [1.29, 1.82) is 0 Å². The van der Waals surface area contributed by atoms with Gasteiger partial charge >= 0.3 is 6.18 Å². The molecule has 0 spiro atoms. The Morgan fingerprint density at radius 3 is 2.54 bits per heavy atom. The van der Waals surface area contributed by atoms with Gasteiger partial charge in [-0.25, -0.2) is 13.1 Å². The maximum absolute atomic E-state index is 12.9. The van der Waals surface area contributed by atoms with Crippen molar-refractivity contribution in [1.82, 2.24) is 9.62 Å². The smallest absolute Gasteiger partial charge is 0.389 e. The second kappa shape index (κ2) is 8.15. The molecular formula is C17H24F3N3O4S. The Morgan fingerprint density at radius 2 is 1.93 bits per heavy atom. The highest BCUT2D eigenvalue weighted by molar-refractivity contribution is 7.88. The van der Waals surface area contributed by atoms with Crippen LogP contribution in [0, 0.1) is 0 Å². The monoisotopic (exact) mass is 423 g/mol. The van der Waals surface area contributed by atoms with Crippen LogP contribution in [0.2, 0.25) is 0 Å². The summed E-state index contributed by atoms with van der Waals surface area (Å²) in [4.78, 5) is 3.95. The zero-order valence-corrected chi connectivity index (χ0v) is 16.2. The number of anilines is 1. The van der Waals surface area contributed by atoms with E-state index < -0.39 is 40.0 Å². The Hall–Kier alpha value is -1.40. The van der Waals surface area contributed by atoms with E-state index in [1.54, 1.807) is 6.07 Å². The van der Waals surface area contributed by atoms with Gasteiger partial charge in [-0.15, -0.1) is 0 Å². The molecular weight excluding hydrogens is 399 g/mol. The number of benzene rings is 1. The summed E-state index contributed by atoms with van der Waals surface area (Å²) in [5.41, 5.74) is -0.136. The molecule has 158 valence electrons. The third-order valence-electron chi connectivity index (χ3n) is 5.00. The van der Waals surface area contributed by atoms with Gasteiger partial charge in [-0.05, 0) is 18.2 Å². The molecule has 7 nitrogen and oxygen atoms in total. The lowest BCUT2D eigenvalue weighted by molar-refractivity contribution is -0.137. The van der Waals surface area contributed by atoms with Crippen LogP contribution in [-0.2, 0) is 20.9 Å². The van der Waals surface area contributed by atoms with Gasteiger partial charge in [0.1, 0.15) is 0 Å². The van der Waals surface area contributed by atoms with Crippen LogP contribution < -0.4 is 9.62 Å². The molecule has 0 aromatic heterocycles. The Labute approximate surface area is 162 Å². The molecule has 2 saturated heterocycles. The Kier molecular flexibility index (Phi) is 6.20. The van der Waals surface area contributed by atoms with Crippen LogP contribution in [0.3, 0.4) is 0 Å². The standard InChI is InChI=1S/C17H24F3N3O4S/c1-28(25,26)21-14-11-27-15(16(14)24)10-22-5-7-23(8-6-22)13-4-2-3-12(9-13)17(18,19)20/h2-4,9,14-16,21,24H,5-8,10-11H2,1H3. The van der Waals surface area contributed by atoms with Gasteiger partial charge in [0.05, 0.1) is 36.7 Å². The van der Waals surface area contributed by atoms with E-state index in [2.05, 4.69) is 9.62 Å². The van der Waals surface area contributed by atoms with Crippen molar-refractivity contribution >= 4 is 15.7 Å². The summed E-state index contributed by atoms with van der Waals surface area (Å²) >= 11 is 0. The zero-order valence-electron chi connectivity index (χ0n) is 15.4. The quantitative estimate of drug-likeness (QED) is 0.718. The minimum Gasteiger partial charge on any atom is -0.389 e. The van der Waals surface area contributed by atoms with E-state index in [9.17, 15) is 26.7 Å². The number of aliphatic hydroxyl groups excluding tert-OH is 1. The summed E-state index contributed by atoms with van der Waals surface area (Å²) in [5.74, 6) is 0. The van der Waals surface area contributed by atoms with Crippen molar-refractivity contribution < 1.29 is 31.4 Å². The highest BCUT2D eigenvalue weighted by Crippen LogP contribution is 2.32. The average Bonchev–Trinajstić information content (AvgIpc) is 2.93. The predicted molar refractivity (Wildman–Crippen MR) is 97.6 cm³/mol. The molecule has 2 heterocycles. The molecule has 2 aliphatic heterocycles. The van der Waals surface area contributed by atoms with Crippen LogP contribution in [0.15, 0.2) is 24.3 Å². The second-order valence-corrected chi connectivity index (χ2v) is 8.97. The minimum absolute atomic E-state index is 0.100. The fourth-order valence-corrected chi connectivity index (χ4v) is 4.30. The van der Waals surface area contributed by atoms with Crippen molar-refractivity contribution in [2.24, 2.45) is 0 Å². The number of hydrogen-bond acceptors (Lipinski definition) is 6. The van der Waals surface area contributed by atoms with Crippen molar-refractivity contribution in [3.8, 4) is 0 Å². The largest absolute Gasteiger partial charge is 0.416 e. The Balaban J connectivity index is 1.52. The van der Waals surface area contributed by atoms with E-state index in [-0.39, 0.29) is 6.61 Å². The topological polar surface area (TPSA) is 82.1 Å². The molecule has 1 aromatic carbocycles. The zero-order chi connectivity index (χ0) is 20.5. The van der Waals surface area contributed by atoms with Crippen molar-refractivity contribution in [3.63, 3.8) is 0 Å². The Morgan fingerprint density at radius 1 is 1.25 bits per heavy atom. The number of aliphatic hydroxyl groups is 1. The molecule has 2 fully saturated rings. The minimum atomic E-state index is -4.37. The van der Waals surface area contributed by atoms with E-state index >= 15 is 0 Å². The van der Waals surface area contributed by atoms with Crippen molar-refractivity contribution in [2.75, 3.05) is 50.5 Å². The first-order valence-corrected chi connectivity index (χ1v) is 10.8. The Bertz CT molecular complexity index is 782. The third kappa shape index (κ3) is 5.35. The number of nitrogens with one attached hydrogen (secondary N) is 1. The normalized spacial score (nSPS) is 27.3. The summed E-state index contributed by atoms with van der Waals surface area (Å²) in [6, 6.07) is 4.60. The number of ether oxygens (including phenoxy) is 1. The van der Waals surface area contributed by atoms with Crippen LogP contribution >= 0.6 is 0 Å². The van der Waals surface area contributed by atoms with Crippen molar-refractivity contribution in [2.45, 2.75) is 24.4 Å². The molecule has 0 amide bonds. The molecule has 0 saturated carbocycles. The number of halogens is 3. The summed E-state index contributed by atoms with van der Waals surface area (Å²) < 4.78 is 69.2. The maximum atomic E-state index is 12.9. The maximum Gasteiger partial charge on any atom is 0.416 e. The SMILES string of the molecule is CS(=O)(=O)NC1COC(CN2CCN(c3cccc(C(F)(F)F)c3)CC2)C1O. The molecule has 2 N–H and O–H groups in total. The van der Waals surface area contributed by atoms with Gasteiger partial charge in [-0.1, -0.05) is 6.07 Å². The molecule has 1 aromatic rings. The molecule has 0 radical (unpaired) electrons. The first-order chi connectivity index (χ1) is 13.0. The highest BCUT2D eigenvalue weighted by Gasteiger charge is 2.38. The molecule has 28 heavy (non-hydrogen) atoms. The fraction of sp³-hybridized carbons (Fsp3) is 0.647. The lowest BCUT2D eigenvalue weighted by Gasteiger charge is -2.37. The molecule has 11 heteroatoms. The van der Waals surface area contributed by atoms with Gasteiger partial charge in [0.2, 0.25) is 10.0 Å². The molecule has 0 bridgehead atoms. The predicted octanol–water partition coefficient (Wildman–Crippen LogP) is 0.505. The number of sulfonamides is 1. The lowest BCUT2D eigenvalue weighted by atomic mass is 10.1. The van der Waals surface area contributed by atoms with Gasteiger partial charge in [0, 0.05) is 38.4 Å². The van der Waals surface area contributed by atoms with E-state index in [4.69, 9.17) is 4.74 Å². The molecule has 3 unspecified atom stereocenters. The van der Waals surface area contributed by atoms with E-state index in [0.29, 0.717) is 38.4 Å². The van der Waals surface area contributed by atoms with Crippen LogP contribution in [0.4, 0.5) is 18.9 Å². The van der Waals surface area contributed by atoms with Crippen LogP contribution in [0.1, 0.15) is 5.56 Å². The van der Waals surface area contributed by atoms with Gasteiger partial charge in [-0.2, -0.15) is 13.2 Å². The second-order valence-electron chi connectivity index (χ2n) is 7.19. The highest BCUT2D eigenvalue weighted by atomic mass is 32.2. The number of piperazine rings is 1. The van der Waals surface area contributed by atoms with E-state index in [1.165, 1.54) is 6.07 Å². The molecule has 2 aliphatic rings. The third-order valence-corrected chi connectivity index (χ3v) is 5.73. The van der Waals surface area contributed by atoms with E-state index in [1.807, 2.05) is 4.90 Å². The number of hydrogen-bond donors (Lipinski definition) is 2. The summed E-state index contributed by atoms with van der Waals surface area (Å²) in [6.45, 7) is 2.84.